The van der Waals surface area contributed by atoms with Gasteiger partial charge in [-0.05, 0) is 62.4 Å². The number of hydrogen-bond acceptors (Lipinski definition) is 8. The molecule has 2 aromatic carbocycles. The van der Waals surface area contributed by atoms with Crippen LogP contribution in [0.5, 0.6) is 0 Å². The maximum atomic E-state index is 13.0. The molecule has 36 heavy (non-hydrogen) atoms. The molecule has 0 aromatic heterocycles. The molecule has 12 nitrogen and oxygen atoms in total. The average Bonchev–Trinajstić information content (AvgIpc) is 3.23. The van der Waals surface area contributed by atoms with Gasteiger partial charge in [0.1, 0.15) is 0 Å². The van der Waals surface area contributed by atoms with E-state index in [1.54, 1.807) is 13.8 Å². The summed E-state index contributed by atoms with van der Waals surface area (Å²) in [5.74, 6) is -1.91. The van der Waals surface area contributed by atoms with E-state index in [2.05, 4.69) is 10.2 Å². The second kappa shape index (κ2) is 10.4. The first-order valence-corrected chi connectivity index (χ1v) is 12.8. The van der Waals surface area contributed by atoms with Gasteiger partial charge >= 0.3 is 0 Å². The van der Waals surface area contributed by atoms with Crippen LogP contribution >= 0.6 is 0 Å². The van der Waals surface area contributed by atoms with E-state index in [0.29, 0.717) is 11.4 Å². The van der Waals surface area contributed by atoms with Crippen molar-refractivity contribution in [1.29, 1.82) is 0 Å². The molecule has 2 amide bonds. The Labute approximate surface area is 249 Å². The van der Waals surface area contributed by atoms with Gasteiger partial charge in [-0.3, -0.25) is 18.7 Å². The summed E-state index contributed by atoms with van der Waals surface area (Å²) >= 11 is 0. The summed E-state index contributed by atoms with van der Waals surface area (Å²) in [6, 6.07) is 9.80. The molecule has 0 aliphatic carbocycles. The molecule has 183 valence electrons. The normalized spacial score (nSPS) is 19.4. The van der Waals surface area contributed by atoms with E-state index >= 15 is 0 Å². The third kappa shape index (κ3) is 5.58. The summed E-state index contributed by atoms with van der Waals surface area (Å²) in [4.78, 5) is 25.4. The minimum Gasteiger partial charge on any atom is -0.282 e. The van der Waals surface area contributed by atoms with Gasteiger partial charge in [0.25, 0.3) is 32.1 Å². The van der Waals surface area contributed by atoms with Crippen molar-refractivity contribution < 1.29 is 35.5 Å². The minimum absolute atomic E-state index is 0. The van der Waals surface area contributed by atoms with Crippen molar-refractivity contribution in [3.8, 4) is 0 Å². The molecule has 4 rings (SSSR count). The first-order chi connectivity index (χ1) is 16.3. The fourth-order valence-corrected chi connectivity index (χ4v) is 4.49. The fraction of sp³-hybridized carbons (Fsp3) is 0.143. The van der Waals surface area contributed by atoms with E-state index in [1.807, 2.05) is 0 Å². The Morgan fingerprint density at radius 2 is 1.22 bits per heavy atom. The van der Waals surface area contributed by atoms with E-state index in [9.17, 15) is 26.4 Å². The number of hydrazone groups is 2. The maximum Gasteiger partial charge on any atom is 0.294 e. The maximum absolute atomic E-state index is 13.0. The van der Waals surface area contributed by atoms with E-state index in [0.717, 1.165) is 34.3 Å². The zero-order chi connectivity index (χ0) is 25.7. The molecule has 2 heterocycles. The predicted molar refractivity (Wildman–Crippen MR) is 131 cm³/mol. The Morgan fingerprint density at radius 3 is 1.67 bits per heavy atom. The van der Waals surface area contributed by atoms with Crippen LogP contribution in [0.2, 0.25) is 0 Å². The van der Waals surface area contributed by atoms with E-state index in [4.69, 9.17) is 9.11 Å². The number of amides is 2. The number of carbonyl (C=O) groups is 2. The summed E-state index contributed by atoms with van der Waals surface area (Å²) in [5, 5.41) is 10.5. The Morgan fingerprint density at radius 1 is 0.778 bits per heavy atom. The van der Waals surface area contributed by atoms with Crippen LogP contribution in [0.3, 0.4) is 0 Å². The van der Waals surface area contributed by atoms with Crippen LogP contribution in [0.15, 0.2) is 80.2 Å². The SMILES string of the molecule is CC1=NN(c2ccc(S(=O)(=O)O)cc2)C(=O)/C1=C/C1C(=O)N(c2ccc(S(=O)(=O)O)cc2)N=C1C.[K]. The van der Waals surface area contributed by atoms with Crippen LogP contribution in [0.4, 0.5) is 11.4 Å². The molecule has 0 saturated carbocycles. The van der Waals surface area contributed by atoms with Crippen molar-refractivity contribution in [1.82, 2.24) is 0 Å². The van der Waals surface area contributed by atoms with Crippen LogP contribution in [0, 0.1) is 5.92 Å². The molecule has 0 bridgehead atoms. The largest absolute Gasteiger partial charge is 0.294 e. The van der Waals surface area contributed by atoms with Crippen LogP contribution in [-0.2, 0) is 29.8 Å². The minimum atomic E-state index is -4.39. The number of rotatable bonds is 5. The molecule has 0 saturated heterocycles. The average molecular weight is 558 g/mol. The predicted octanol–water partition coefficient (Wildman–Crippen LogP) is 1.49. The fourth-order valence-electron chi connectivity index (χ4n) is 3.53. The van der Waals surface area contributed by atoms with Crippen molar-refractivity contribution in [3.63, 3.8) is 0 Å². The van der Waals surface area contributed by atoms with Gasteiger partial charge in [0.2, 0.25) is 0 Å². The Kier molecular flexibility index (Phi) is 8.19. The van der Waals surface area contributed by atoms with Gasteiger partial charge in [-0.2, -0.15) is 37.1 Å². The van der Waals surface area contributed by atoms with Gasteiger partial charge < -0.3 is 0 Å². The Bertz CT molecular complexity index is 1550. The van der Waals surface area contributed by atoms with Crippen molar-refractivity contribution in [3.05, 3.63) is 60.2 Å². The summed E-state index contributed by atoms with van der Waals surface area (Å²) in [6.07, 6.45) is 1.43. The molecular weight excluding hydrogens is 539 g/mol. The Hall–Kier alpha value is -2.08. The molecule has 2 aliphatic rings. The number of hydrogen-bond donors (Lipinski definition) is 2. The molecule has 0 fully saturated rings. The third-order valence-corrected chi connectivity index (χ3v) is 7.07. The number of carbonyl (C=O) groups excluding carboxylic acids is 2. The molecule has 1 radical (unpaired) electrons. The summed E-state index contributed by atoms with van der Waals surface area (Å²) in [6.45, 7) is 3.18. The summed E-state index contributed by atoms with van der Waals surface area (Å²) < 4.78 is 63.2. The topological polar surface area (TPSA) is 174 Å². The van der Waals surface area contributed by atoms with Crippen molar-refractivity contribution in [2.75, 3.05) is 10.0 Å². The number of anilines is 2. The quantitative estimate of drug-likeness (QED) is 0.316. The first kappa shape index (κ1) is 28.5. The van der Waals surface area contributed by atoms with Gasteiger partial charge in [-0.15, -0.1) is 0 Å². The standard InChI is InChI=1S/C21H18N4O8S2.K/c1-12-18(20(26)24(22-12)14-3-7-16(8-4-14)34(28,29)30)11-19-13(2)23-25(21(19)27)15-5-9-17(10-6-15)35(31,32)33;/h3-11,18H,1-2H3,(H,28,29,30)(H,31,32,33);/b19-11+;. The molecular formula is C21H18KN4O8S2. The first-order valence-electron chi connectivity index (χ1n) is 9.93. The molecule has 1 atom stereocenters. The van der Waals surface area contributed by atoms with Gasteiger partial charge in [0.15, 0.2) is 0 Å². The molecule has 0 spiro atoms. The van der Waals surface area contributed by atoms with Crippen molar-refractivity contribution in [2.24, 2.45) is 16.1 Å². The van der Waals surface area contributed by atoms with Crippen LogP contribution in [0.1, 0.15) is 13.8 Å². The van der Waals surface area contributed by atoms with Crippen LogP contribution < -0.4 is 10.0 Å². The van der Waals surface area contributed by atoms with E-state index < -0.39 is 38.0 Å². The van der Waals surface area contributed by atoms with Crippen molar-refractivity contribution >= 4 is 106 Å². The molecule has 2 aliphatic heterocycles. The summed E-state index contributed by atoms with van der Waals surface area (Å²) in [5.41, 5.74) is 1.39. The smallest absolute Gasteiger partial charge is 0.282 e. The van der Waals surface area contributed by atoms with E-state index in [-0.39, 0.29) is 78.1 Å². The summed E-state index contributed by atoms with van der Waals surface area (Å²) in [7, 11) is -8.78. The van der Waals surface area contributed by atoms with Gasteiger partial charge in [-0.25, -0.2) is 0 Å². The zero-order valence-corrected chi connectivity index (χ0v) is 24.0. The molecule has 15 heteroatoms. The Balaban J connectivity index is 0.00000361. The molecule has 2 N–H and O–H groups in total. The number of benzene rings is 2. The zero-order valence-electron chi connectivity index (χ0n) is 19.2. The molecule has 2 aromatic rings. The van der Waals surface area contributed by atoms with Gasteiger partial charge in [0, 0.05) is 51.4 Å². The van der Waals surface area contributed by atoms with Crippen LogP contribution in [0.25, 0.3) is 0 Å². The monoisotopic (exact) mass is 557 g/mol. The molecule has 1 unspecified atom stereocenters. The van der Waals surface area contributed by atoms with Crippen molar-refractivity contribution in [2.45, 2.75) is 23.6 Å². The second-order valence-corrected chi connectivity index (χ2v) is 10.5. The van der Waals surface area contributed by atoms with E-state index in [1.165, 1.54) is 30.3 Å². The van der Waals surface area contributed by atoms with Gasteiger partial charge in [-0.1, -0.05) is 6.08 Å². The third-order valence-electron chi connectivity index (χ3n) is 5.34. The number of nitrogens with zero attached hydrogens (tertiary/aromatic N) is 4. The van der Waals surface area contributed by atoms with Gasteiger partial charge in [0.05, 0.1) is 44.1 Å². The van der Waals surface area contributed by atoms with Crippen LogP contribution in [-0.4, -0.2) is 101 Å². The second-order valence-electron chi connectivity index (χ2n) is 7.69.